The van der Waals surface area contributed by atoms with Crippen LogP contribution in [-0.2, 0) is 0 Å². The fourth-order valence-electron chi connectivity index (χ4n) is 2.18. The van der Waals surface area contributed by atoms with Gasteiger partial charge in [-0.05, 0) is 38.8 Å². The number of carbonyl (C=O) groups excluding carboxylic acids is 1. The van der Waals surface area contributed by atoms with Crippen molar-refractivity contribution < 1.29 is 4.79 Å². The first-order valence-electron chi connectivity index (χ1n) is 6.87. The van der Waals surface area contributed by atoms with E-state index in [9.17, 15) is 4.79 Å². The van der Waals surface area contributed by atoms with Crippen molar-refractivity contribution in [3.63, 3.8) is 0 Å². The van der Waals surface area contributed by atoms with Crippen LogP contribution in [0.3, 0.4) is 0 Å². The second-order valence-electron chi connectivity index (χ2n) is 5.18. The van der Waals surface area contributed by atoms with Gasteiger partial charge in [0.1, 0.15) is 0 Å². The number of urea groups is 1. The third-order valence-electron chi connectivity index (χ3n) is 3.27. The Labute approximate surface area is 114 Å². The summed E-state index contributed by atoms with van der Waals surface area (Å²) < 4.78 is 0. The van der Waals surface area contributed by atoms with Crippen LogP contribution in [0.4, 0.5) is 10.5 Å². The third kappa shape index (κ3) is 4.52. The molecule has 1 fully saturated rings. The number of pyridine rings is 1. The van der Waals surface area contributed by atoms with Gasteiger partial charge in [-0.15, -0.1) is 0 Å². The normalized spacial score (nSPS) is 14.7. The number of hydrogen-bond donors (Lipinski definition) is 2. The highest BCUT2D eigenvalue weighted by molar-refractivity contribution is 5.89. The number of rotatable bonds is 6. The smallest absolute Gasteiger partial charge is 0.319 e. The quantitative estimate of drug-likeness (QED) is 0.825. The van der Waals surface area contributed by atoms with E-state index in [4.69, 9.17) is 0 Å². The van der Waals surface area contributed by atoms with E-state index in [1.165, 1.54) is 12.8 Å². The maximum Gasteiger partial charge on any atom is 0.319 e. The lowest BCUT2D eigenvalue weighted by atomic mass is 10.3. The molecule has 104 valence electrons. The van der Waals surface area contributed by atoms with Crippen LogP contribution in [0.5, 0.6) is 0 Å². The topological polar surface area (TPSA) is 57.3 Å². The van der Waals surface area contributed by atoms with Crippen LogP contribution >= 0.6 is 0 Å². The Bertz CT molecular complexity index is 401. The molecule has 0 unspecified atom stereocenters. The van der Waals surface area contributed by atoms with Gasteiger partial charge in [0, 0.05) is 43.3 Å². The summed E-state index contributed by atoms with van der Waals surface area (Å²) in [5, 5.41) is 5.67. The summed E-state index contributed by atoms with van der Waals surface area (Å²) in [5.41, 5.74) is 0.760. The van der Waals surface area contributed by atoms with E-state index in [1.807, 2.05) is 0 Å². The van der Waals surface area contributed by atoms with Gasteiger partial charge in [0.25, 0.3) is 0 Å². The van der Waals surface area contributed by atoms with Crippen molar-refractivity contribution >= 4 is 11.7 Å². The largest absolute Gasteiger partial charge is 0.337 e. The molecule has 5 heteroatoms. The molecule has 2 amide bonds. The van der Waals surface area contributed by atoms with E-state index in [1.54, 1.807) is 24.5 Å². The minimum absolute atomic E-state index is 0.161. The van der Waals surface area contributed by atoms with E-state index in [2.05, 4.69) is 34.4 Å². The van der Waals surface area contributed by atoms with Gasteiger partial charge in [-0.3, -0.25) is 9.88 Å². The van der Waals surface area contributed by atoms with Gasteiger partial charge in [-0.25, -0.2) is 4.79 Å². The monoisotopic (exact) mass is 262 g/mol. The molecule has 1 aromatic heterocycles. The number of amides is 2. The molecule has 1 aliphatic rings. The maximum absolute atomic E-state index is 11.7. The summed E-state index contributed by atoms with van der Waals surface area (Å²) in [4.78, 5) is 18.0. The Balaban J connectivity index is 1.69. The van der Waals surface area contributed by atoms with Crippen LogP contribution in [0.1, 0.15) is 26.7 Å². The summed E-state index contributed by atoms with van der Waals surface area (Å²) in [6.45, 7) is 5.99. The molecule has 0 saturated heterocycles. The summed E-state index contributed by atoms with van der Waals surface area (Å²) in [7, 11) is 0. The van der Waals surface area contributed by atoms with Crippen molar-refractivity contribution in [3.05, 3.63) is 24.5 Å². The van der Waals surface area contributed by atoms with E-state index in [0.29, 0.717) is 12.6 Å². The zero-order valence-corrected chi connectivity index (χ0v) is 11.6. The van der Waals surface area contributed by atoms with Gasteiger partial charge in [0.15, 0.2) is 0 Å². The van der Waals surface area contributed by atoms with Crippen LogP contribution in [0, 0.1) is 0 Å². The molecule has 2 N–H and O–H groups in total. The third-order valence-corrected chi connectivity index (χ3v) is 3.27. The SMILES string of the molecule is CC(C)N(CCNC(=O)Nc1ccncc1)C1CC1. The maximum atomic E-state index is 11.7. The van der Waals surface area contributed by atoms with Gasteiger partial charge in [0.05, 0.1) is 0 Å². The predicted octanol–water partition coefficient (Wildman–Crippen LogP) is 2.08. The number of hydrogen-bond acceptors (Lipinski definition) is 3. The van der Waals surface area contributed by atoms with Gasteiger partial charge in [-0.1, -0.05) is 0 Å². The van der Waals surface area contributed by atoms with Crippen molar-refractivity contribution in [3.8, 4) is 0 Å². The Hall–Kier alpha value is -1.62. The number of nitrogens with one attached hydrogen (secondary N) is 2. The number of aromatic nitrogens is 1. The fourth-order valence-corrected chi connectivity index (χ4v) is 2.18. The average molecular weight is 262 g/mol. The molecule has 1 heterocycles. The number of carbonyl (C=O) groups is 1. The number of nitrogens with zero attached hydrogens (tertiary/aromatic N) is 2. The Morgan fingerprint density at radius 2 is 2.11 bits per heavy atom. The molecule has 19 heavy (non-hydrogen) atoms. The molecule has 1 aliphatic carbocycles. The highest BCUT2D eigenvalue weighted by atomic mass is 16.2. The minimum Gasteiger partial charge on any atom is -0.337 e. The van der Waals surface area contributed by atoms with Crippen LogP contribution in [0.15, 0.2) is 24.5 Å². The first kappa shape index (κ1) is 13.8. The molecule has 5 nitrogen and oxygen atoms in total. The molecule has 0 bridgehead atoms. The lowest BCUT2D eigenvalue weighted by Gasteiger charge is -2.26. The van der Waals surface area contributed by atoms with Crippen LogP contribution < -0.4 is 10.6 Å². The van der Waals surface area contributed by atoms with Crippen LogP contribution in [-0.4, -0.2) is 41.1 Å². The van der Waals surface area contributed by atoms with E-state index >= 15 is 0 Å². The standard InChI is InChI=1S/C14H22N4O/c1-11(2)18(13-3-4-13)10-9-16-14(19)17-12-5-7-15-8-6-12/h5-8,11,13H,3-4,9-10H2,1-2H3,(H2,15,16,17,19). The molecule has 0 aromatic carbocycles. The highest BCUT2D eigenvalue weighted by Gasteiger charge is 2.30. The molecule has 1 saturated carbocycles. The van der Waals surface area contributed by atoms with Crippen molar-refractivity contribution in [2.24, 2.45) is 0 Å². The second kappa shape index (κ2) is 6.52. The van der Waals surface area contributed by atoms with E-state index < -0.39 is 0 Å². The van der Waals surface area contributed by atoms with Gasteiger partial charge >= 0.3 is 6.03 Å². The molecule has 0 spiro atoms. The molecule has 0 atom stereocenters. The molecule has 1 aromatic rings. The summed E-state index contributed by atoms with van der Waals surface area (Å²) in [5.74, 6) is 0. The Morgan fingerprint density at radius 1 is 1.42 bits per heavy atom. The van der Waals surface area contributed by atoms with E-state index in [-0.39, 0.29) is 6.03 Å². The number of anilines is 1. The van der Waals surface area contributed by atoms with Gasteiger partial charge in [0.2, 0.25) is 0 Å². The van der Waals surface area contributed by atoms with Crippen LogP contribution in [0.25, 0.3) is 0 Å². The Kier molecular flexibility index (Phi) is 4.74. The lowest BCUT2D eigenvalue weighted by molar-refractivity contribution is 0.210. The summed E-state index contributed by atoms with van der Waals surface area (Å²) in [6, 6.07) is 4.64. The van der Waals surface area contributed by atoms with Gasteiger partial charge in [-0.2, -0.15) is 0 Å². The zero-order chi connectivity index (χ0) is 13.7. The molecule has 2 rings (SSSR count). The average Bonchev–Trinajstić information content (AvgIpc) is 3.19. The van der Waals surface area contributed by atoms with Crippen LogP contribution in [0.2, 0.25) is 0 Å². The predicted molar refractivity (Wildman–Crippen MR) is 76.1 cm³/mol. The van der Waals surface area contributed by atoms with E-state index in [0.717, 1.165) is 18.3 Å². The van der Waals surface area contributed by atoms with Gasteiger partial charge < -0.3 is 10.6 Å². The van der Waals surface area contributed by atoms with Crippen molar-refractivity contribution in [2.75, 3.05) is 18.4 Å². The van der Waals surface area contributed by atoms with Crippen molar-refractivity contribution in [2.45, 2.75) is 38.8 Å². The Morgan fingerprint density at radius 3 is 2.68 bits per heavy atom. The lowest BCUT2D eigenvalue weighted by Crippen LogP contribution is -2.41. The molecule has 0 radical (unpaired) electrons. The van der Waals surface area contributed by atoms with Crippen molar-refractivity contribution in [1.82, 2.24) is 15.2 Å². The fraction of sp³-hybridized carbons (Fsp3) is 0.571. The minimum atomic E-state index is -0.161. The molecular formula is C14H22N4O. The first-order chi connectivity index (χ1) is 9.16. The first-order valence-corrected chi connectivity index (χ1v) is 6.87. The summed E-state index contributed by atoms with van der Waals surface area (Å²) in [6.07, 6.45) is 5.90. The van der Waals surface area contributed by atoms with Crippen molar-refractivity contribution in [1.29, 1.82) is 0 Å². The molecule has 0 aliphatic heterocycles. The summed E-state index contributed by atoms with van der Waals surface area (Å²) >= 11 is 0. The highest BCUT2D eigenvalue weighted by Crippen LogP contribution is 2.27. The zero-order valence-electron chi connectivity index (χ0n) is 11.6. The second-order valence-corrected chi connectivity index (χ2v) is 5.18. The molecular weight excluding hydrogens is 240 g/mol.